The van der Waals surface area contributed by atoms with Gasteiger partial charge in [0.2, 0.25) is 8.32 Å². The maximum absolute atomic E-state index is 12.5. The van der Waals surface area contributed by atoms with Crippen molar-refractivity contribution in [2.24, 2.45) is 40.4 Å². The smallest absolute Gasteiger partial charge is 0.292 e. The van der Waals surface area contributed by atoms with Crippen molar-refractivity contribution in [3.8, 4) is 0 Å². The molecule has 4 fully saturated rings. The van der Waals surface area contributed by atoms with Gasteiger partial charge in [0.15, 0.2) is 16.6 Å². The van der Waals surface area contributed by atoms with Crippen LogP contribution in [0.1, 0.15) is 91.4 Å². The normalized spacial score (nSPS) is 41.0. The van der Waals surface area contributed by atoms with Gasteiger partial charge < -0.3 is 13.3 Å². The molecule has 0 bridgehead atoms. The summed E-state index contributed by atoms with van der Waals surface area (Å²) in [6, 6.07) is 0. The van der Waals surface area contributed by atoms with Gasteiger partial charge in [-0.3, -0.25) is 4.79 Å². The number of rotatable bonds is 9. The molecular weight excluding hydrogens is 545 g/mol. The molecule has 0 radical (unpaired) electrons. The van der Waals surface area contributed by atoms with E-state index in [0.717, 1.165) is 36.5 Å². The van der Waals surface area contributed by atoms with Crippen LogP contribution in [0.25, 0.3) is 0 Å². The summed E-state index contributed by atoms with van der Waals surface area (Å²) in [4.78, 5) is 12.5. The molecule has 0 amide bonds. The molecule has 232 valence electrons. The highest BCUT2D eigenvalue weighted by molar-refractivity contribution is 6.71. The Bertz CT molecular complexity index is 920. The van der Waals surface area contributed by atoms with Crippen LogP contribution in [0, 0.1) is 40.4 Å². The van der Waals surface area contributed by atoms with E-state index in [-0.39, 0.29) is 17.0 Å². The fraction of sp³-hybridized carbons (Fsp3) is 0.970. The summed E-state index contributed by atoms with van der Waals surface area (Å²) in [6.07, 6.45) is 13.5. The molecule has 0 spiro atoms. The Balaban J connectivity index is 1.51. The molecule has 0 heterocycles. The minimum absolute atomic E-state index is 0.0169. The molecule has 4 saturated carbocycles. The fourth-order valence-corrected chi connectivity index (χ4v) is 14.1. The van der Waals surface area contributed by atoms with Crippen LogP contribution >= 0.6 is 0 Å². The first kappa shape index (κ1) is 32.9. The van der Waals surface area contributed by atoms with Crippen LogP contribution < -0.4 is 0 Å². The second kappa shape index (κ2) is 11.2. The lowest BCUT2D eigenvalue weighted by Crippen LogP contribution is -2.66. The highest BCUT2D eigenvalue weighted by Gasteiger charge is 2.66. The number of hydrogen-bond acceptors (Lipinski definition) is 4. The van der Waals surface area contributed by atoms with Gasteiger partial charge >= 0.3 is 0 Å². The topological polar surface area (TPSA) is 44.8 Å². The zero-order valence-electron chi connectivity index (χ0n) is 28.4. The molecule has 0 aliphatic heterocycles. The summed E-state index contributed by atoms with van der Waals surface area (Å²) in [5.74, 6) is 3.77. The Kier molecular flexibility index (Phi) is 9.22. The predicted octanol–water partition coefficient (Wildman–Crippen LogP) is 9.63. The Morgan fingerprint density at radius 3 is 2.08 bits per heavy atom. The molecule has 4 nitrogen and oxygen atoms in total. The van der Waals surface area contributed by atoms with Crippen LogP contribution in [0.15, 0.2) is 0 Å². The van der Waals surface area contributed by atoms with Crippen molar-refractivity contribution in [2.45, 2.75) is 162 Å². The molecular formula is C33H64O4Si3. The lowest BCUT2D eigenvalue weighted by molar-refractivity contribution is -0.209. The maximum Gasteiger partial charge on any atom is 0.292 e. The summed E-state index contributed by atoms with van der Waals surface area (Å²) in [5, 5.41) is 0. The summed E-state index contributed by atoms with van der Waals surface area (Å²) in [6.45, 7) is 28.3. The Hall–Kier alpha value is 0.0406. The van der Waals surface area contributed by atoms with Gasteiger partial charge in [0, 0.05) is 18.9 Å². The van der Waals surface area contributed by atoms with Gasteiger partial charge in [-0.2, -0.15) is 0 Å². The van der Waals surface area contributed by atoms with E-state index < -0.39 is 25.0 Å². The van der Waals surface area contributed by atoms with Gasteiger partial charge in [-0.15, -0.1) is 0 Å². The summed E-state index contributed by atoms with van der Waals surface area (Å²) in [5.41, 5.74) is 0.648. The quantitative estimate of drug-likeness (QED) is 0.244. The fourth-order valence-electron chi connectivity index (χ4n) is 10.5. The molecule has 0 aromatic heterocycles. The first-order valence-electron chi connectivity index (χ1n) is 16.8. The minimum atomic E-state index is -1.81. The van der Waals surface area contributed by atoms with Gasteiger partial charge in [-0.05, 0) is 157 Å². The molecule has 9 atom stereocenters. The lowest BCUT2D eigenvalue weighted by Gasteiger charge is -2.67. The molecule has 0 saturated heterocycles. The number of hydrogen-bond donors (Lipinski definition) is 0. The summed E-state index contributed by atoms with van der Waals surface area (Å²) >= 11 is 0. The molecule has 7 heteroatoms. The average molecular weight is 609 g/mol. The second-order valence-electron chi connectivity index (χ2n) is 18.0. The highest BCUT2D eigenvalue weighted by atomic mass is 28.4. The van der Waals surface area contributed by atoms with Gasteiger partial charge in [0.25, 0.3) is 5.97 Å². The lowest BCUT2D eigenvalue weighted by atomic mass is 9.43. The van der Waals surface area contributed by atoms with Gasteiger partial charge in [-0.1, -0.05) is 20.8 Å². The van der Waals surface area contributed by atoms with E-state index >= 15 is 0 Å². The van der Waals surface area contributed by atoms with Crippen molar-refractivity contribution in [2.75, 3.05) is 0 Å². The monoisotopic (exact) mass is 608 g/mol. The third-order valence-electron chi connectivity index (χ3n) is 11.7. The van der Waals surface area contributed by atoms with E-state index in [0.29, 0.717) is 23.9 Å². The van der Waals surface area contributed by atoms with Gasteiger partial charge in [0.05, 0.1) is 5.60 Å². The molecule has 40 heavy (non-hydrogen) atoms. The van der Waals surface area contributed by atoms with E-state index in [9.17, 15) is 4.79 Å². The van der Waals surface area contributed by atoms with E-state index in [2.05, 4.69) is 79.7 Å². The Morgan fingerprint density at radius 1 is 0.800 bits per heavy atom. The molecule has 0 aromatic rings. The summed E-state index contributed by atoms with van der Waals surface area (Å²) in [7, 11) is -5.14. The predicted molar refractivity (Wildman–Crippen MR) is 175 cm³/mol. The third-order valence-corrected chi connectivity index (χ3v) is 14.6. The molecule has 4 rings (SSSR count). The van der Waals surface area contributed by atoms with E-state index in [4.69, 9.17) is 13.3 Å². The molecule has 7 unspecified atom stereocenters. The second-order valence-corrected chi connectivity index (χ2v) is 31.3. The third kappa shape index (κ3) is 6.73. The van der Waals surface area contributed by atoms with Gasteiger partial charge in [0.1, 0.15) is 0 Å². The molecule has 4 aliphatic rings. The minimum Gasteiger partial charge on any atom is -0.520 e. The first-order chi connectivity index (χ1) is 18.2. The molecule has 0 N–H and O–H groups in total. The van der Waals surface area contributed by atoms with Crippen molar-refractivity contribution >= 4 is 30.9 Å². The molecule has 4 aliphatic carbocycles. The van der Waals surface area contributed by atoms with Crippen LogP contribution in [0.3, 0.4) is 0 Å². The highest BCUT2D eigenvalue weighted by Crippen LogP contribution is 2.70. The van der Waals surface area contributed by atoms with E-state index in [1.54, 1.807) is 0 Å². The van der Waals surface area contributed by atoms with E-state index in [1.807, 2.05) is 0 Å². The Morgan fingerprint density at radius 2 is 1.48 bits per heavy atom. The number of carbonyl (C=O) groups excluding carboxylic acids is 1. The van der Waals surface area contributed by atoms with Crippen molar-refractivity contribution in [3.05, 3.63) is 0 Å². The van der Waals surface area contributed by atoms with Crippen molar-refractivity contribution in [1.29, 1.82) is 0 Å². The standard InChI is InChI=1S/C33H64O4Si3/c1-24(13-16-30(34)36-39(7,8)9)27-14-15-28-26-18-22-33(37-40(10,11)12)23-25(35-38(4,5)6)17-21-32(33,3)29(26)19-20-31(27,28)2/h24-29H,13-23H2,1-12H3/t24?,25-,26?,27?,28?,29?,31?,32?,33+/m1/s1. The zero-order valence-corrected chi connectivity index (χ0v) is 31.4. The van der Waals surface area contributed by atoms with Crippen LogP contribution in [-0.4, -0.2) is 42.6 Å². The maximum atomic E-state index is 12.5. The van der Waals surface area contributed by atoms with E-state index in [1.165, 1.54) is 51.4 Å². The largest absolute Gasteiger partial charge is 0.520 e. The zero-order chi connectivity index (χ0) is 29.9. The van der Waals surface area contributed by atoms with Crippen molar-refractivity contribution < 1.29 is 18.1 Å². The van der Waals surface area contributed by atoms with Crippen LogP contribution in [0.2, 0.25) is 58.9 Å². The number of fused-ring (bicyclic) bond motifs is 5. The van der Waals surface area contributed by atoms with Gasteiger partial charge in [-0.25, -0.2) is 0 Å². The van der Waals surface area contributed by atoms with Crippen LogP contribution in [0.4, 0.5) is 0 Å². The Labute approximate surface area is 250 Å². The SMILES string of the molecule is CC(CCC(=O)O[Si](C)(C)C)C1CCC2C3CC[C@]4(O[Si](C)(C)C)C[C@H](O[Si](C)(C)C)CCC4(C)C3CCC12C. The molecule has 0 aromatic carbocycles. The number of carbonyl (C=O) groups is 1. The summed E-state index contributed by atoms with van der Waals surface area (Å²) < 4.78 is 19.9. The van der Waals surface area contributed by atoms with Crippen LogP contribution in [-0.2, 0) is 18.1 Å². The van der Waals surface area contributed by atoms with Crippen molar-refractivity contribution in [1.82, 2.24) is 0 Å². The average Bonchev–Trinajstić information content (AvgIpc) is 3.12. The van der Waals surface area contributed by atoms with Crippen LogP contribution in [0.5, 0.6) is 0 Å². The first-order valence-corrected chi connectivity index (χ1v) is 27.0. The van der Waals surface area contributed by atoms with Crippen molar-refractivity contribution in [3.63, 3.8) is 0 Å².